The van der Waals surface area contributed by atoms with Gasteiger partial charge in [-0.05, 0) is 31.2 Å². The van der Waals surface area contributed by atoms with Crippen molar-refractivity contribution in [2.75, 3.05) is 13.1 Å². The SMILES string of the molecule is CC(C)CN(C[C@@H](O)c1ccccc1)[C@@H](C)c1nc(C2CC2)no1. The van der Waals surface area contributed by atoms with Crippen LogP contribution in [0.1, 0.15) is 69.0 Å². The Labute approximate surface area is 143 Å². The Morgan fingerprint density at radius 2 is 1.88 bits per heavy atom. The van der Waals surface area contributed by atoms with E-state index in [1.54, 1.807) is 0 Å². The van der Waals surface area contributed by atoms with Gasteiger partial charge in [0.25, 0.3) is 0 Å². The van der Waals surface area contributed by atoms with Crippen molar-refractivity contribution in [1.82, 2.24) is 15.0 Å². The fourth-order valence-electron chi connectivity index (χ4n) is 2.94. The van der Waals surface area contributed by atoms with Crippen molar-refractivity contribution in [2.24, 2.45) is 5.92 Å². The molecule has 1 saturated carbocycles. The van der Waals surface area contributed by atoms with E-state index in [0.717, 1.165) is 30.8 Å². The average Bonchev–Trinajstić information content (AvgIpc) is 3.31. The van der Waals surface area contributed by atoms with E-state index in [1.165, 1.54) is 0 Å². The molecule has 0 aliphatic heterocycles. The van der Waals surface area contributed by atoms with E-state index >= 15 is 0 Å². The molecule has 24 heavy (non-hydrogen) atoms. The topological polar surface area (TPSA) is 62.4 Å². The summed E-state index contributed by atoms with van der Waals surface area (Å²) in [4.78, 5) is 6.81. The molecule has 0 bridgehead atoms. The van der Waals surface area contributed by atoms with Gasteiger partial charge in [-0.15, -0.1) is 0 Å². The number of aliphatic hydroxyl groups is 1. The second-order valence-electron chi connectivity index (χ2n) is 7.22. The van der Waals surface area contributed by atoms with Crippen LogP contribution in [0.3, 0.4) is 0 Å². The molecule has 0 amide bonds. The second kappa shape index (κ2) is 7.45. The Bertz CT molecular complexity index is 637. The molecule has 1 fully saturated rings. The lowest BCUT2D eigenvalue weighted by Gasteiger charge is -2.30. The summed E-state index contributed by atoms with van der Waals surface area (Å²) in [6.07, 6.45) is 1.80. The first-order valence-corrected chi connectivity index (χ1v) is 8.85. The number of benzene rings is 1. The number of nitrogens with zero attached hydrogens (tertiary/aromatic N) is 3. The van der Waals surface area contributed by atoms with E-state index in [2.05, 4.69) is 35.8 Å². The van der Waals surface area contributed by atoms with E-state index in [9.17, 15) is 5.11 Å². The van der Waals surface area contributed by atoms with Crippen molar-refractivity contribution in [3.63, 3.8) is 0 Å². The lowest BCUT2D eigenvalue weighted by Crippen LogP contribution is -2.34. The zero-order chi connectivity index (χ0) is 17.1. The smallest absolute Gasteiger partial charge is 0.243 e. The van der Waals surface area contributed by atoms with Crippen molar-refractivity contribution < 1.29 is 9.63 Å². The van der Waals surface area contributed by atoms with Crippen molar-refractivity contribution in [3.8, 4) is 0 Å². The molecule has 5 nitrogen and oxygen atoms in total. The predicted octanol–water partition coefficient (Wildman–Crippen LogP) is 3.70. The molecular formula is C19H27N3O2. The molecular weight excluding hydrogens is 302 g/mol. The largest absolute Gasteiger partial charge is 0.387 e. The third-order valence-corrected chi connectivity index (χ3v) is 4.50. The number of hydrogen-bond donors (Lipinski definition) is 1. The lowest BCUT2D eigenvalue weighted by atomic mass is 10.1. The molecule has 0 unspecified atom stereocenters. The summed E-state index contributed by atoms with van der Waals surface area (Å²) in [6.45, 7) is 7.84. The molecule has 130 valence electrons. The van der Waals surface area contributed by atoms with Crippen LogP contribution in [-0.2, 0) is 0 Å². The molecule has 1 N–H and O–H groups in total. The van der Waals surface area contributed by atoms with Gasteiger partial charge in [0.15, 0.2) is 5.82 Å². The van der Waals surface area contributed by atoms with Gasteiger partial charge in [-0.3, -0.25) is 4.90 Å². The molecule has 1 aliphatic rings. The van der Waals surface area contributed by atoms with E-state index < -0.39 is 6.10 Å². The van der Waals surface area contributed by atoms with Crippen LogP contribution < -0.4 is 0 Å². The van der Waals surface area contributed by atoms with Crippen molar-refractivity contribution in [3.05, 3.63) is 47.6 Å². The normalized spacial score (nSPS) is 17.4. The zero-order valence-corrected chi connectivity index (χ0v) is 14.7. The van der Waals surface area contributed by atoms with Gasteiger partial charge in [-0.2, -0.15) is 4.98 Å². The Morgan fingerprint density at radius 1 is 1.17 bits per heavy atom. The second-order valence-corrected chi connectivity index (χ2v) is 7.22. The van der Waals surface area contributed by atoms with Gasteiger partial charge in [-0.25, -0.2) is 0 Å². The van der Waals surface area contributed by atoms with E-state index in [4.69, 9.17) is 4.52 Å². The Balaban J connectivity index is 1.72. The monoisotopic (exact) mass is 329 g/mol. The molecule has 2 atom stereocenters. The summed E-state index contributed by atoms with van der Waals surface area (Å²) < 4.78 is 5.49. The van der Waals surface area contributed by atoms with Crippen molar-refractivity contribution >= 4 is 0 Å². The maximum atomic E-state index is 10.6. The summed E-state index contributed by atoms with van der Waals surface area (Å²) in [5, 5.41) is 14.7. The minimum Gasteiger partial charge on any atom is -0.387 e. The summed E-state index contributed by atoms with van der Waals surface area (Å²) >= 11 is 0. The summed E-state index contributed by atoms with van der Waals surface area (Å²) in [5.74, 6) is 2.46. The summed E-state index contributed by atoms with van der Waals surface area (Å²) in [7, 11) is 0. The predicted molar refractivity (Wildman–Crippen MR) is 92.5 cm³/mol. The molecule has 1 heterocycles. The maximum absolute atomic E-state index is 10.6. The van der Waals surface area contributed by atoms with Crippen LogP contribution in [0.5, 0.6) is 0 Å². The van der Waals surface area contributed by atoms with Crippen LogP contribution >= 0.6 is 0 Å². The highest BCUT2D eigenvalue weighted by atomic mass is 16.5. The average molecular weight is 329 g/mol. The van der Waals surface area contributed by atoms with Gasteiger partial charge in [0.2, 0.25) is 5.89 Å². The lowest BCUT2D eigenvalue weighted by molar-refractivity contribution is 0.0723. The van der Waals surface area contributed by atoms with Crippen LogP contribution in [0.2, 0.25) is 0 Å². The third kappa shape index (κ3) is 4.22. The van der Waals surface area contributed by atoms with Crippen LogP contribution in [-0.4, -0.2) is 33.2 Å². The summed E-state index contributed by atoms with van der Waals surface area (Å²) in [5.41, 5.74) is 0.933. The Morgan fingerprint density at radius 3 is 2.50 bits per heavy atom. The van der Waals surface area contributed by atoms with Crippen LogP contribution in [0, 0.1) is 5.92 Å². The molecule has 5 heteroatoms. The Kier molecular flexibility index (Phi) is 5.31. The quantitative estimate of drug-likeness (QED) is 0.800. The van der Waals surface area contributed by atoms with Crippen LogP contribution in [0.15, 0.2) is 34.9 Å². The highest BCUT2D eigenvalue weighted by Crippen LogP contribution is 2.38. The molecule has 1 aromatic carbocycles. The van der Waals surface area contributed by atoms with E-state index in [0.29, 0.717) is 24.3 Å². The van der Waals surface area contributed by atoms with Gasteiger partial charge >= 0.3 is 0 Å². The first kappa shape index (κ1) is 17.1. The maximum Gasteiger partial charge on any atom is 0.243 e. The number of rotatable bonds is 8. The van der Waals surface area contributed by atoms with Gasteiger partial charge in [-0.1, -0.05) is 49.3 Å². The number of aliphatic hydroxyl groups excluding tert-OH is 1. The third-order valence-electron chi connectivity index (χ3n) is 4.50. The van der Waals surface area contributed by atoms with E-state index in [-0.39, 0.29) is 6.04 Å². The van der Waals surface area contributed by atoms with Crippen molar-refractivity contribution in [2.45, 2.75) is 51.7 Å². The summed E-state index contributed by atoms with van der Waals surface area (Å²) in [6, 6.07) is 9.78. The molecule has 1 aromatic heterocycles. The highest BCUT2D eigenvalue weighted by molar-refractivity contribution is 5.17. The van der Waals surface area contributed by atoms with Crippen LogP contribution in [0.4, 0.5) is 0 Å². The standard InChI is InChI=1S/C19H27N3O2/c1-13(2)11-22(12-17(23)15-7-5-4-6-8-15)14(3)19-20-18(21-24-19)16-9-10-16/h4-8,13-14,16-17,23H,9-12H2,1-3H3/t14-,17+/m0/s1. The molecule has 0 radical (unpaired) electrons. The molecule has 3 rings (SSSR count). The fraction of sp³-hybridized carbons (Fsp3) is 0.579. The molecule has 1 aliphatic carbocycles. The minimum absolute atomic E-state index is 0.00855. The zero-order valence-electron chi connectivity index (χ0n) is 14.7. The molecule has 0 spiro atoms. The number of aromatic nitrogens is 2. The molecule has 2 aromatic rings. The van der Waals surface area contributed by atoms with Crippen molar-refractivity contribution in [1.29, 1.82) is 0 Å². The van der Waals surface area contributed by atoms with Crippen LogP contribution in [0.25, 0.3) is 0 Å². The van der Waals surface area contributed by atoms with E-state index in [1.807, 2.05) is 30.3 Å². The minimum atomic E-state index is -0.529. The van der Waals surface area contributed by atoms with Gasteiger partial charge in [0.1, 0.15) is 0 Å². The highest BCUT2D eigenvalue weighted by Gasteiger charge is 2.31. The first-order chi connectivity index (χ1) is 11.5. The Hall–Kier alpha value is -1.72. The van der Waals surface area contributed by atoms with Gasteiger partial charge in [0.05, 0.1) is 12.1 Å². The fourth-order valence-corrected chi connectivity index (χ4v) is 2.94. The first-order valence-electron chi connectivity index (χ1n) is 8.85. The van der Waals surface area contributed by atoms with Gasteiger partial charge < -0.3 is 9.63 Å². The number of hydrogen-bond acceptors (Lipinski definition) is 5. The molecule has 0 saturated heterocycles. The van der Waals surface area contributed by atoms with Gasteiger partial charge in [0, 0.05) is 19.0 Å².